The maximum absolute atomic E-state index is 9.23. The molecular formula is C18H25N3O3. The van der Waals surface area contributed by atoms with E-state index < -0.39 is 0 Å². The molecule has 6 heteroatoms. The molecule has 6 nitrogen and oxygen atoms in total. The molecule has 1 unspecified atom stereocenters. The first kappa shape index (κ1) is 16.6. The molecule has 24 heavy (non-hydrogen) atoms. The number of anilines is 1. The summed E-state index contributed by atoms with van der Waals surface area (Å²) in [5.74, 6) is 2.74. The Hall–Kier alpha value is -2.21. The van der Waals surface area contributed by atoms with Crippen LogP contribution >= 0.6 is 0 Å². The molecule has 0 bridgehead atoms. The van der Waals surface area contributed by atoms with Crippen molar-refractivity contribution in [2.45, 2.75) is 46.4 Å². The maximum Gasteiger partial charge on any atom is 0.128 e. The Kier molecular flexibility index (Phi) is 4.66. The van der Waals surface area contributed by atoms with Gasteiger partial charge in [0.25, 0.3) is 0 Å². The molecule has 1 aliphatic rings. The Morgan fingerprint density at radius 2 is 2.21 bits per heavy atom. The van der Waals surface area contributed by atoms with Gasteiger partial charge < -0.3 is 19.9 Å². The summed E-state index contributed by atoms with van der Waals surface area (Å²) >= 11 is 0. The van der Waals surface area contributed by atoms with Crippen LogP contribution in [0.5, 0.6) is 11.5 Å². The molecule has 0 aliphatic carbocycles. The summed E-state index contributed by atoms with van der Waals surface area (Å²) in [6.45, 7) is 7.23. The molecule has 1 aromatic carbocycles. The van der Waals surface area contributed by atoms with Gasteiger partial charge in [-0.1, -0.05) is 0 Å². The van der Waals surface area contributed by atoms with Gasteiger partial charge in [0.2, 0.25) is 0 Å². The van der Waals surface area contributed by atoms with Gasteiger partial charge in [0.05, 0.1) is 26.0 Å². The third-order valence-electron chi connectivity index (χ3n) is 4.46. The molecule has 2 N–H and O–H groups in total. The van der Waals surface area contributed by atoms with E-state index in [9.17, 15) is 5.11 Å². The van der Waals surface area contributed by atoms with Gasteiger partial charge in [-0.05, 0) is 32.9 Å². The van der Waals surface area contributed by atoms with E-state index in [1.807, 2.05) is 30.7 Å². The fourth-order valence-corrected chi connectivity index (χ4v) is 3.16. The lowest BCUT2D eigenvalue weighted by atomic mass is 10.1. The van der Waals surface area contributed by atoms with E-state index in [0.717, 1.165) is 40.6 Å². The Morgan fingerprint density at radius 3 is 2.92 bits per heavy atom. The second kappa shape index (κ2) is 6.73. The monoisotopic (exact) mass is 331 g/mol. The van der Waals surface area contributed by atoms with Crippen LogP contribution < -0.4 is 14.8 Å². The predicted molar refractivity (Wildman–Crippen MR) is 92.9 cm³/mol. The van der Waals surface area contributed by atoms with Crippen LogP contribution in [0.15, 0.2) is 12.1 Å². The van der Waals surface area contributed by atoms with Gasteiger partial charge in [-0.3, -0.25) is 0 Å². The summed E-state index contributed by atoms with van der Waals surface area (Å²) in [4.78, 5) is 0. The predicted octanol–water partition coefficient (Wildman–Crippen LogP) is 2.44. The number of hydrogen-bond acceptors (Lipinski definition) is 5. The first-order chi connectivity index (χ1) is 11.5. The number of rotatable bonds is 6. The molecule has 0 saturated carbocycles. The molecule has 2 heterocycles. The van der Waals surface area contributed by atoms with Gasteiger partial charge >= 0.3 is 0 Å². The van der Waals surface area contributed by atoms with Crippen LogP contribution in [0.2, 0.25) is 0 Å². The lowest BCUT2D eigenvalue weighted by Gasteiger charge is -2.14. The molecule has 0 spiro atoms. The summed E-state index contributed by atoms with van der Waals surface area (Å²) in [6.07, 6.45) is 1.09. The topological polar surface area (TPSA) is 68.5 Å². The first-order valence-corrected chi connectivity index (χ1v) is 8.28. The van der Waals surface area contributed by atoms with Crippen molar-refractivity contribution in [2.24, 2.45) is 0 Å². The van der Waals surface area contributed by atoms with Crippen LogP contribution in [0.4, 0.5) is 5.82 Å². The van der Waals surface area contributed by atoms with Crippen molar-refractivity contribution < 1.29 is 14.6 Å². The molecule has 0 amide bonds. The number of fused-ring (bicyclic) bond motifs is 1. The highest BCUT2D eigenvalue weighted by Gasteiger charge is 2.23. The Labute approximate surface area is 142 Å². The summed E-state index contributed by atoms with van der Waals surface area (Å²) in [5.41, 5.74) is 4.32. The summed E-state index contributed by atoms with van der Waals surface area (Å²) in [5, 5.41) is 17.2. The zero-order chi connectivity index (χ0) is 17.3. The normalized spacial score (nSPS) is 16.0. The van der Waals surface area contributed by atoms with E-state index in [1.165, 1.54) is 5.56 Å². The number of aliphatic hydroxyl groups is 1. The zero-order valence-corrected chi connectivity index (χ0v) is 14.7. The molecule has 1 aromatic heterocycles. The van der Waals surface area contributed by atoms with E-state index in [0.29, 0.717) is 13.1 Å². The van der Waals surface area contributed by atoms with Gasteiger partial charge in [0.15, 0.2) is 0 Å². The van der Waals surface area contributed by atoms with E-state index in [-0.39, 0.29) is 12.7 Å². The van der Waals surface area contributed by atoms with Crippen LogP contribution in [0.3, 0.4) is 0 Å². The second-order valence-corrected chi connectivity index (χ2v) is 6.27. The highest BCUT2D eigenvalue weighted by atomic mass is 16.5. The number of benzene rings is 1. The van der Waals surface area contributed by atoms with Crippen molar-refractivity contribution in [3.63, 3.8) is 0 Å². The molecular weight excluding hydrogens is 306 g/mol. The molecule has 3 rings (SSSR count). The smallest absolute Gasteiger partial charge is 0.128 e. The van der Waals surface area contributed by atoms with Crippen LogP contribution in [0, 0.1) is 13.8 Å². The summed E-state index contributed by atoms with van der Waals surface area (Å²) in [6, 6.07) is 4.06. The summed E-state index contributed by atoms with van der Waals surface area (Å²) in [7, 11) is 1.68. The van der Waals surface area contributed by atoms with Crippen molar-refractivity contribution in [1.29, 1.82) is 0 Å². The van der Waals surface area contributed by atoms with E-state index in [4.69, 9.17) is 9.47 Å². The number of aliphatic hydroxyl groups excluding tert-OH is 1. The number of methoxy groups -OCH3 is 1. The van der Waals surface area contributed by atoms with Crippen LogP contribution in [-0.2, 0) is 19.5 Å². The highest BCUT2D eigenvalue weighted by Crippen LogP contribution is 2.36. The lowest BCUT2D eigenvalue weighted by Crippen LogP contribution is -2.12. The Morgan fingerprint density at radius 1 is 1.42 bits per heavy atom. The van der Waals surface area contributed by atoms with E-state index in [1.54, 1.807) is 7.11 Å². The average Bonchev–Trinajstić information content (AvgIpc) is 3.05. The molecule has 0 radical (unpaired) electrons. The lowest BCUT2D eigenvalue weighted by molar-refractivity contribution is 0.252. The van der Waals surface area contributed by atoms with Crippen LogP contribution in [-0.4, -0.2) is 34.7 Å². The highest BCUT2D eigenvalue weighted by molar-refractivity contribution is 5.53. The van der Waals surface area contributed by atoms with Gasteiger partial charge in [-0.15, -0.1) is 0 Å². The minimum atomic E-state index is 0.0599. The molecule has 2 aromatic rings. The van der Waals surface area contributed by atoms with Crippen molar-refractivity contribution in [3.05, 3.63) is 34.5 Å². The molecule has 130 valence electrons. The third-order valence-corrected chi connectivity index (χ3v) is 4.46. The summed E-state index contributed by atoms with van der Waals surface area (Å²) < 4.78 is 13.2. The zero-order valence-electron chi connectivity index (χ0n) is 14.7. The standard InChI is InChI=1S/C18H25N3O3/c1-11-7-14-8-16(23-4)9-15(17(14)24-11)10-19-18-12(2)13(3)20-21(18)5-6-22/h8-9,11,19,22H,5-7,10H2,1-4H3. The number of aryl methyl sites for hydroxylation is 1. The van der Waals surface area contributed by atoms with Gasteiger partial charge in [0, 0.05) is 29.7 Å². The minimum absolute atomic E-state index is 0.0599. The fourth-order valence-electron chi connectivity index (χ4n) is 3.16. The van der Waals surface area contributed by atoms with Crippen LogP contribution in [0.1, 0.15) is 29.3 Å². The Bertz CT molecular complexity index is 740. The average molecular weight is 331 g/mol. The largest absolute Gasteiger partial charge is 0.497 e. The molecule has 0 saturated heterocycles. The van der Waals surface area contributed by atoms with E-state index >= 15 is 0 Å². The molecule has 1 atom stereocenters. The van der Waals surface area contributed by atoms with Gasteiger partial charge in [-0.25, -0.2) is 4.68 Å². The number of nitrogens with zero attached hydrogens (tertiary/aromatic N) is 2. The number of aromatic nitrogens is 2. The molecule has 0 fully saturated rings. The number of ether oxygens (including phenoxy) is 2. The number of hydrogen-bond donors (Lipinski definition) is 2. The van der Waals surface area contributed by atoms with Gasteiger partial charge in [0.1, 0.15) is 23.4 Å². The van der Waals surface area contributed by atoms with Crippen molar-refractivity contribution in [3.8, 4) is 11.5 Å². The molecule has 1 aliphatic heterocycles. The quantitative estimate of drug-likeness (QED) is 0.851. The van der Waals surface area contributed by atoms with Gasteiger partial charge in [-0.2, -0.15) is 5.10 Å². The van der Waals surface area contributed by atoms with Crippen molar-refractivity contribution in [2.75, 3.05) is 19.0 Å². The van der Waals surface area contributed by atoms with Crippen molar-refractivity contribution in [1.82, 2.24) is 9.78 Å². The second-order valence-electron chi connectivity index (χ2n) is 6.27. The van der Waals surface area contributed by atoms with Crippen LogP contribution in [0.25, 0.3) is 0 Å². The first-order valence-electron chi connectivity index (χ1n) is 8.28. The maximum atomic E-state index is 9.23. The van der Waals surface area contributed by atoms with E-state index in [2.05, 4.69) is 17.3 Å². The van der Waals surface area contributed by atoms with Crippen molar-refractivity contribution >= 4 is 5.82 Å². The Balaban J connectivity index is 1.87. The number of nitrogens with one attached hydrogen (secondary N) is 1. The fraction of sp³-hybridized carbons (Fsp3) is 0.500. The third kappa shape index (κ3) is 3.06. The SMILES string of the molecule is COc1cc(CNc2c(C)c(C)nn2CCO)c2c(c1)CC(C)O2. The minimum Gasteiger partial charge on any atom is -0.497 e.